The molecule has 36 heavy (non-hydrogen) atoms. The highest BCUT2D eigenvalue weighted by atomic mass is 35.5. The third-order valence-electron chi connectivity index (χ3n) is 5.49. The average Bonchev–Trinajstić information content (AvgIpc) is 3.24. The number of hydrogen-bond acceptors (Lipinski definition) is 5. The van der Waals surface area contributed by atoms with Crippen molar-refractivity contribution in [3.8, 4) is 0 Å². The van der Waals surface area contributed by atoms with Crippen LogP contribution in [0, 0.1) is 5.82 Å². The minimum Gasteiger partial charge on any atom is -0.364 e. The summed E-state index contributed by atoms with van der Waals surface area (Å²) in [6, 6.07) is 14.9. The van der Waals surface area contributed by atoms with E-state index >= 15 is 0 Å². The van der Waals surface area contributed by atoms with E-state index in [0.717, 1.165) is 5.56 Å². The van der Waals surface area contributed by atoms with Crippen molar-refractivity contribution >= 4 is 40.2 Å². The van der Waals surface area contributed by atoms with Gasteiger partial charge in [0.1, 0.15) is 12.4 Å². The number of primary amides is 1. The Labute approximate surface area is 210 Å². The van der Waals surface area contributed by atoms with Crippen molar-refractivity contribution in [2.75, 3.05) is 6.54 Å². The highest BCUT2D eigenvalue weighted by molar-refractivity contribution is 6.30. The van der Waals surface area contributed by atoms with Gasteiger partial charge < -0.3 is 16.0 Å². The molecule has 0 atom stereocenters. The van der Waals surface area contributed by atoms with Crippen molar-refractivity contribution in [1.29, 1.82) is 0 Å². The van der Waals surface area contributed by atoms with Crippen LogP contribution in [0.15, 0.2) is 67.0 Å². The molecule has 4 aromatic rings. The van der Waals surface area contributed by atoms with Gasteiger partial charge in [0.2, 0.25) is 11.8 Å². The largest absolute Gasteiger partial charge is 0.364 e. The molecule has 0 bridgehead atoms. The van der Waals surface area contributed by atoms with E-state index in [9.17, 15) is 18.8 Å². The van der Waals surface area contributed by atoms with Crippen molar-refractivity contribution in [1.82, 2.24) is 25.0 Å². The number of nitrogens with two attached hydrogens (primary N) is 1. The lowest BCUT2D eigenvalue weighted by atomic mass is 10.2. The summed E-state index contributed by atoms with van der Waals surface area (Å²) >= 11 is 5.80. The molecule has 0 aliphatic carbocycles. The van der Waals surface area contributed by atoms with Crippen molar-refractivity contribution < 1.29 is 18.8 Å². The van der Waals surface area contributed by atoms with Crippen molar-refractivity contribution in [3.05, 3.63) is 94.7 Å². The number of benzene rings is 2. The van der Waals surface area contributed by atoms with Crippen LogP contribution in [0.3, 0.4) is 0 Å². The summed E-state index contributed by atoms with van der Waals surface area (Å²) in [6.45, 7) is -0.475. The molecular weight excluding hydrogens is 487 g/mol. The number of hydrogen-bond donors (Lipinski definition) is 2. The number of aromatic nitrogens is 3. The standard InChI is InChI=1S/C25H22ClFN6O3/c26-19-6-3-4-17(23(19)27)12-30-21(34)14-32(13-16-8-10-29-11-9-16)22(35)15-33-20-7-2-1-5-18(20)24(31-33)25(28)36/h1-11H,12-15H2,(H2,28,36)(H,30,34). The zero-order valence-corrected chi connectivity index (χ0v) is 19.8. The van der Waals surface area contributed by atoms with Crippen LogP contribution in [0.1, 0.15) is 21.6 Å². The molecule has 0 fully saturated rings. The third kappa shape index (κ3) is 5.66. The maximum atomic E-state index is 14.2. The normalized spacial score (nSPS) is 10.8. The van der Waals surface area contributed by atoms with Gasteiger partial charge >= 0.3 is 0 Å². The maximum Gasteiger partial charge on any atom is 0.269 e. The number of carbonyl (C=O) groups is 3. The number of rotatable bonds is 9. The highest BCUT2D eigenvalue weighted by Gasteiger charge is 2.22. The Kier molecular flexibility index (Phi) is 7.55. The van der Waals surface area contributed by atoms with Gasteiger partial charge in [-0.1, -0.05) is 41.9 Å². The number of nitrogens with one attached hydrogen (secondary N) is 1. The summed E-state index contributed by atoms with van der Waals surface area (Å²) in [5.74, 6) is -2.22. The average molecular weight is 509 g/mol. The second-order valence-electron chi connectivity index (χ2n) is 7.98. The zero-order valence-electron chi connectivity index (χ0n) is 19.0. The van der Waals surface area contributed by atoms with E-state index in [-0.39, 0.29) is 42.5 Å². The summed E-state index contributed by atoms with van der Waals surface area (Å²) in [5.41, 5.74) is 7.05. The molecule has 0 aliphatic rings. The fourth-order valence-electron chi connectivity index (χ4n) is 3.71. The summed E-state index contributed by atoms with van der Waals surface area (Å²) < 4.78 is 15.5. The van der Waals surface area contributed by atoms with Crippen LogP contribution in [-0.2, 0) is 29.2 Å². The molecule has 9 nitrogen and oxygen atoms in total. The Hall–Kier alpha value is -4.31. The minimum absolute atomic E-state index is 0.0435. The van der Waals surface area contributed by atoms with Crippen LogP contribution >= 0.6 is 11.6 Å². The molecule has 2 heterocycles. The molecule has 2 aromatic heterocycles. The number of para-hydroxylation sites is 1. The fourth-order valence-corrected chi connectivity index (χ4v) is 3.90. The van der Waals surface area contributed by atoms with Crippen LogP contribution in [0.4, 0.5) is 4.39 Å². The zero-order chi connectivity index (χ0) is 25.7. The summed E-state index contributed by atoms with van der Waals surface area (Å²) in [6.07, 6.45) is 3.17. The quantitative estimate of drug-likeness (QED) is 0.360. The molecule has 4 rings (SSSR count). The van der Waals surface area contributed by atoms with Gasteiger partial charge in [-0.15, -0.1) is 0 Å². The molecule has 0 saturated heterocycles. The maximum absolute atomic E-state index is 14.2. The Morgan fingerprint density at radius 3 is 2.56 bits per heavy atom. The molecule has 184 valence electrons. The molecule has 0 radical (unpaired) electrons. The van der Waals surface area contributed by atoms with Crippen LogP contribution in [0.5, 0.6) is 0 Å². The van der Waals surface area contributed by atoms with Gasteiger partial charge in [-0.25, -0.2) is 4.39 Å². The molecule has 0 aliphatic heterocycles. The van der Waals surface area contributed by atoms with E-state index < -0.39 is 23.5 Å². The van der Waals surface area contributed by atoms with E-state index in [2.05, 4.69) is 15.4 Å². The number of fused-ring (bicyclic) bond motifs is 1. The molecule has 3 amide bonds. The lowest BCUT2D eigenvalue weighted by molar-refractivity contribution is -0.137. The Morgan fingerprint density at radius 1 is 1.06 bits per heavy atom. The number of nitrogens with zero attached hydrogens (tertiary/aromatic N) is 4. The van der Waals surface area contributed by atoms with Gasteiger partial charge in [0.15, 0.2) is 5.69 Å². The van der Waals surface area contributed by atoms with Crippen LogP contribution < -0.4 is 11.1 Å². The predicted molar refractivity (Wildman–Crippen MR) is 131 cm³/mol. The number of carbonyl (C=O) groups excluding carboxylic acids is 3. The summed E-state index contributed by atoms with van der Waals surface area (Å²) in [7, 11) is 0. The molecule has 0 spiro atoms. The van der Waals surface area contributed by atoms with E-state index in [1.54, 1.807) is 54.9 Å². The van der Waals surface area contributed by atoms with Crippen LogP contribution in [-0.4, -0.2) is 43.9 Å². The molecule has 3 N–H and O–H groups in total. The molecule has 0 unspecified atom stereocenters. The Morgan fingerprint density at radius 2 is 1.81 bits per heavy atom. The predicted octanol–water partition coefficient (Wildman–Crippen LogP) is 2.67. The van der Waals surface area contributed by atoms with E-state index in [4.69, 9.17) is 17.3 Å². The lowest BCUT2D eigenvalue weighted by Crippen LogP contribution is -2.41. The topological polar surface area (TPSA) is 123 Å². The highest BCUT2D eigenvalue weighted by Crippen LogP contribution is 2.19. The smallest absolute Gasteiger partial charge is 0.269 e. The van der Waals surface area contributed by atoms with Crippen molar-refractivity contribution in [3.63, 3.8) is 0 Å². The minimum atomic E-state index is -0.710. The monoisotopic (exact) mass is 508 g/mol. The van der Waals surface area contributed by atoms with Crippen molar-refractivity contribution in [2.24, 2.45) is 5.73 Å². The molecular formula is C25H22ClFN6O3. The first kappa shape index (κ1) is 24.8. The summed E-state index contributed by atoms with van der Waals surface area (Å²) in [5, 5.41) is 7.33. The van der Waals surface area contributed by atoms with Gasteiger partial charge in [-0.3, -0.25) is 24.0 Å². The van der Waals surface area contributed by atoms with Gasteiger partial charge in [0.25, 0.3) is 5.91 Å². The fraction of sp³-hybridized carbons (Fsp3) is 0.160. The van der Waals surface area contributed by atoms with Gasteiger partial charge in [-0.05, 0) is 29.8 Å². The van der Waals surface area contributed by atoms with Gasteiger partial charge in [0.05, 0.1) is 17.1 Å². The van der Waals surface area contributed by atoms with Crippen molar-refractivity contribution in [2.45, 2.75) is 19.6 Å². The summed E-state index contributed by atoms with van der Waals surface area (Å²) in [4.78, 5) is 43.2. The number of pyridine rings is 1. The molecule has 11 heteroatoms. The first-order valence-corrected chi connectivity index (χ1v) is 11.3. The van der Waals surface area contributed by atoms with E-state index in [1.807, 2.05) is 0 Å². The first-order valence-electron chi connectivity index (χ1n) is 10.9. The number of halogens is 2. The van der Waals surface area contributed by atoms with Gasteiger partial charge in [-0.2, -0.15) is 5.10 Å². The second kappa shape index (κ2) is 11.0. The Balaban J connectivity index is 1.53. The third-order valence-corrected chi connectivity index (χ3v) is 5.79. The van der Waals surface area contributed by atoms with E-state index in [0.29, 0.717) is 10.9 Å². The van der Waals surface area contributed by atoms with Crippen LogP contribution in [0.2, 0.25) is 5.02 Å². The van der Waals surface area contributed by atoms with Crippen LogP contribution in [0.25, 0.3) is 10.9 Å². The van der Waals surface area contributed by atoms with E-state index in [1.165, 1.54) is 21.7 Å². The number of amides is 3. The first-order chi connectivity index (χ1) is 17.3. The molecule has 2 aromatic carbocycles. The second-order valence-corrected chi connectivity index (χ2v) is 8.39. The SMILES string of the molecule is NC(=O)c1nn(CC(=O)N(CC(=O)NCc2cccc(Cl)c2F)Cc2ccncc2)c2ccccc12. The van der Waals surface area contributed by atoms with Gasteiger partial charge in [0, 0.05) is 36.4 Å². The molecule has 0 saturated carbocycles. The lowest BCUT2D eigenvalue weighted by Gasteiger charge is -2.22. The Bertz CT molecular complexity index is 1430.